The van der Waals surface area contributed by atoms with Crippen molar-refractivity contribution < 1.29 is 14.0 Å². The van der Waals surface area contributed by atoms with Crippen molar-refractivity contribution in [3.05, 3.63) is 71.0 Å². The molecule has 0 aromatic heterocycles. The summed E-state index contributed by atoms with van der Waals surface area (Å²) in [5.41, 5.74) is 2.75. The zero-order valence-corrected chi connectivity index (χ0v) is 16.7. The molecule has 0 heterocycles. The number of carbonyl (C=O) groups excluding carboxylic acids is 2. The molecule has 0 saturated heterocycles. The number of likely N-dealkylation sites (N-methyl/N-ethyl adjacent to an activating group) is 1. The topological polar surface area (TPSA) is 49.4 Å². The Morgan fingerprint density at radius 1 is 1.11 bits per heavy atom. The maximum Gasteiger partial charge on any atom is 0.242 e. The molecular formula is C21H25FN2O2S. The molecule has 0 radical (unpaired) electrons. The largest absolute Gasteiger partial charge is 0.357 e. The lowest BCUT2D eigenvalue weighted by Gasteiger charge is -2.28. The van der Waals surface area contributed by atoms with Crippen molar-refractivity contribution >= 4 is 23.6 Å². The van der Waals surface area contributed by atoms with Gasteiger partial charge in [0.25, 0.3) is 0 Å². The molecule has 0 unspecified atom stereocenters. The number of nitrogens with one attached hydrogen (secondary N) is 1. The summed E-state index contributed by atoms with van der Waals surface area (Å²) in [4.78, 5) is 26.3. The second kappa shape index (κ2) is 10.1. The third kappa shape index (κ3) is 5.82. The maximum absolute atomic E-state index is 14.0. The first-order valence-corrected chi connectivity index (χ1v) is 9.96. The predicted octanol–water partition coefficient (Wildman–Crippen LogP) is 3.53. The van der Waals surface area contributed by atoms with Gasteiger partial charge in [0.1, 0.15) is 11.9 Å². The average Bonchev–Trinajstić information content (AvgIpc) is 2.67. The van der Waals surface area contributed by atoms with Gasteiger partial charge in [0.15, 0.2) is 0 Å². The van der Waals surface area contributed by atoms with Crippen LogP contribution in [0.15, 0.2) is 48.5 Å². The highest BCUT2D eigenvalue weighted by Gasteiger charge is 2.26. The van der Waals surface area contributed by atoms with Crippen LogP contribution in [0.4, 0.5) is 4.39 Å². The van der Waals surface area contributed by atoms with E-state index < -0.39 is 6.04 Å². The van der Waals surface area contributed by atoms with E-state index in [4.69, 9.17) is 0 Å². The number of rotatable bonds is 8. The molecule has 0 fully saturated rings. The number of thioether (sulfide) groups is 1. The molecule has 4 nitrogen and oxygen atoms in total. The van der Waals surface area contributed by atoms with Crippen molar-refractivity contribution in [2.45, 2.75) is 32.2 Å². The number of carbonyl (C=O) groups is 2. The highest BCUT2D eigenvalue weighted by atomic mass is 32.2. The van der Waals surface area contributed by atoms with Gasteiger partial charge in [0, 0.05) is 24.9 Å². The summed E-state index contributed by atoms with van der Waals surface area (Å²) < 4.78 is 14.0. The SMILES string of the molecule is CNC(=O)[C@@H](C)N(Cc1ccccc1F)C(=O)CSCc1ccccc1C. The number of aryl methyl sites for hydroxylation is 1. The quantitative estimate of drug-likeness (QED) is 0.753. The molecule has 2 rings (SSSR count). The lowest BCUT2D eigenvalue weighted by Crippen LogP contribution is -2.47. The van der Waals surface area contributed by atoms with Gasteiger partial charge in [-0.2, -0.15) is 0 Å². The molecular weight excluding hydrogens is 363 g/mol. The molecule has 0 aliphatic heterocycles. The molecule has 2 amide bonds. The summed E-state index contributed by atoms with van der Waals surface area (Å²) in [6.45, 7) is 3.75. The average molecular weight is 389 g/mol. The maximum atomic E-state index is 14.0. The Hall–Kier alpha value is -2.34. The summed E-state index contributed by atoms with van der Waals surface area (Å²) in [5.74, 6) is 0.0910. The molecule has 0 saturated carbocycles. The Bertz CT molecular complexity index is 797. The van der Waals surface area contributed by atoms with Crippen molar-refractivity contribution in [3.8, 4) is 0 Å². The van der Waals surface area contributed by atoms with E-state index in [2.05, 4.69) is 5.32 Å². The Balaban J connectivity index is 2.07. The van der Waals surface area contributed by atoms with E-state index in [0.717, 1.165) is 0 Å². The van der Waals surface area contributed by atoms with Gasteiger partial charge >= 0.3 is 0 Å². The summed E-state index contributed by atoms with van der Waals surface area (Å²) in [7, 11) is 1.53. The normalized spacial score (nSPS) is 11.7. The summed E-state index contributed by atoms with van der Waals surface area (Å²) in [6, 6.07) is 13.7. The molecule has 144 valence electrons. The summed E-state index contributed by atoms with van der Waals surface area (Å²) in [5, 5.41) is 2.56. The minimum atomic E-state index is -0.679. The van der Waals surface area contributed by atoms with Gasteiger partial charge in [-0.25, -0.2) is 4.39 Å². The van der Waals surface area contributed by atoms with E-state index in [-0.39, 0.29) is 29.9 Å². The van der Waals surface area contributed by atoms with Gasteiger partial charge in [-0.15, -0.1) is 11.8 Å². The predicted molar refractivity (Wildman–Crippen MR) is 108 cm³/mol. The number of hydrogen-bond donors (Lipinski definition) is 1. The van der Waals surface area contributed by atoms with Crippen LogP contribution >= 0.6 is 11.8 Å². The van der Waals surface area contributed by atoms with Crippen LogP contribution in [0.1, 0.15) is 23.6 Å². The first-order valence-electron chi connectivity index (χ1n) is 8.80. The highest BCUT2D eigenvalue weighted by Crippen LogP contribution is 2.18. The number of amides is 2. The van der Waals surface area contributed by atoms with Crippen LogP contribution in [0.2, 0.25) is 0 Å². The molecule has 2 aromatic carbocycles. The smallest absolute Gasteiger partial charge is 0.242 e. The number of benzene rings is 2. The highest BCUT2D eigenvalue weighted by molar-refractivity contribution is 7.99. The molecule has 0 spiro atoms. The second-order valence-corrected chi connectivity index (χ2v) is 7.31. The van der Waals surface area contributed by atoms with Gasteiger partial charge in [-0.05, 0) is 31.0 Å². The first-order chi connectivity index (χ1) is 12.9. The van der Waals surface area contributed by atoms with Gasteiger partial charge in [-0.3, -0.25) is 9.59 Å². The minimum Gasteiger partial charge on any atom is -0.357 e. The minimum absolute atomic E-state index is 0.0605. The van der Waals surface area contributed by atoms with E-state index in [1.54, 1.807) is 25.1 Å². The molecule has 1 N–H and O–H groups in total. The van der Waals surface area contributed by atoms with Gasteiger partial charge in [0.05, 0.1) is 5.75 Å². The fourth-order valence-electron chi connectivity index (χ4n) is 2.70. The van der Waals surface area contributed by atoms with E-state index in [0.29, 0.717) is 11.3 Å². The van der Waals surface area contributed by atoms with Crippen LogP contribution in [0.25, 0.3) is 0 Å². The van der Waals surface area contributed by atoms with Crippen LogP contribution in [-0.4, -0.2) is 35.6 Å². The standard InChI is InChI=1S/C21H25FN2O2S/c1-15-8-4-5-10-18(15)13-27-14-20(25)24(16(2)21(26)23-3)12-17-9-6-7-11-19(17)22/h4-11,16H,12-14H2,1-3H3,(H,23,26)/t16-/m1/s1. The van der Waals surface area contributed by atoms with Crippen LogP contribution in [-0.2, 0) is 21.9 Å². The number of halogens is 1. The van der Waals surface area contributed by atoms with Crippen molar-refractivity contribution in [3.63, 3.8) is 0 Å². The molecule has 0 bridgehead atoms. The molecule has 1 atom stereocenters. The van der Waals surface area contributed by atoms with E-state index in [1.807, 2.05) is 31.2 Å². The van der Waals surface area contributed by atoms with E-state index in [1.165, 1.54) is 40.9 Å². The van der Waals surface area contributed by atoms with E-state index >= 15 is 0 Å². The van der Waals surface area contributed by atoms with Crippen molar-refractivity contribution in [2.75, 3.05) is 12.8 Å². The lowest BCUT2D eigenvalue weighted by molar-refractivity contribution is -0.138. The lowest BCUT2D eigenvalue weighted by atomic mass is 10.1. The molecule has 0 aliphatic rings. The third-order valence-corrected chi connectivity index (χ3v) is 5.42. The zero-order chi connectivity index (χ0) is 19.8. The molecule has 27 heavy (non-hydrogen) atoms. The van der Waals surface area contributed by atoms with Crippen molar-refractivity contribution in [2.24, 2.45) is 0 Å². The summed E-state index contributed by atoms with van der Waals surface area (Å²) >= 11 is 1.49. The van der Waals surface area contributed by atoms with Crippen molar-refractivity contribution in [1.29, 1.82) is 0 Å². The zero-order valence-electron chi connectivity index (χ0n) is 15.9. The molecule has 0 aliphatic carbocycles. The Morgan fingerprint density at radius 3 is 2.37 bits per heavy atom. The van der Waals surface area contributed by atoms with Gasteiger partial charge in [0.2, 0.25) is 11.8 Å². The van der Waals surface area contributed by atoms with E-state index in [9.17, 15) is 14.0 Å². The summed E-state index contributed by atoms with van der Waals surface area (Å²) in [6.07, 6.45) is 0. The van der Waals surface area contributed by atoms with Crippen LogP contribution < -0.4 is 5.32 Å². The monoisotopic (exact) mass is 388 g/mol. The second-order valence-electron chi connectivity index (χ2n) is 6.32. The van der Waals surface area contributed by atoms with Gasteiger partial charge in [-0.1, -0.05) is 42.5 Å². The first kappa shape index (κ1) is 21.0. The van der Waals surface area contributed by atoms with Crippen LogP contribution in [0.3, 0.4) is 0 Å². The number of nitrogens with zero attached hydrogens (tertiary/aromatic N) is 1. The van der Waals surface area contributed by atoms with Crippen molar-refractivity contribution in [1.82, 2.24) is 10.2 Å². The fraction of sp³-hybridized carbons (Fsp3) is 0.333. The third-order valence-electron chi connectivity index (χ3n) is 4.46. The van der Waals surface area contributed by atoms with Crippen LogP contribution in [0.5, 0.6) is 0 Å². The molecule has 6 heteroatoms. The Kier molecular flexibility index (Phi) is 7.85. The Morgan fingerprint density at radius 2 is 1.74 bits per heavy atom. The molecule has 2 aromatic rings. The Labute approximate surface area is 164 Å². The fourth-order valence-corrected chi connectivity index (χ4v) is 3.69. The van der Waals surface area contributed by atoms with Crippen LogP contribution in [0, 0.1) is 12.7 Å². The van der Waals surface area contributed by atoms with Gasteiger partial charge < -0.3 is 10.2 Å². The number of hydrogen-bond acceptors (Lipinski definition) is 3.